The number of nitrogens with zero attached hydrogens (tertiary/aromatic N) is 2. The van der Waals surface area contributed by atoms with E-state index in [9.17, 15) is 0 Å². The van der Waals surface area contributed by atoms with Crippen molar-refractivity contribution in [1.82, 2.24) is 9.78 Å². The molecule has 0 aromatic carbocycles. The predicted octanol–water partition coefficient (Wildman–Crippen LogP) is -0.618. The van der Waals surface area contributed by atoms with Gasteiger partial charge >= 0.3 is 0 Å². The number of hydrogen-bond donors (Lipinski definition) is 3. The summed E-state index contributed by atoms with van der Waals surface area (Å²) in [6, 6.07) is 0. The van der Waals surface area contributed by atoms with Crippen LogP contribution in [0, 0.1) is 0 Å². The Kier molecular flexibility index (Phi) is 3.72. The molecule has 0 radical (unpaired) electrons. The van der Waals surface area contributed by atoms with Crippen LogP contribution in [0.2, 0.25) is 0 Å². The van der Waals surface area contributed by atoms with E-state index in [1.807, 2.05) is 0 Å². The summed E-state index contributed by atoms with van der Waals surface area (Å²) in [6.07, 6.45) is 3.10. The van der Waals surface area contributed by atoms with Gasteiger partial charge < -0.3 is 15.9 Å². The fraction of sp³-hybridized carbons (Fsp3) is 0.625. The highest BCUT2D eigenvalue weighted by molar-refractivity contribution is 5.38. The maximum Gasteiger partial charge on any atom is 0.124 e. The topological polar surface area (TPSA) is 84.3 Å². The first-order valence-electron chi connectivity index (χ1n) is 4.31. The van der Waals surface area contributed by atoms with E-state index in [2.05, 4.69) is 5.10 Å². The van der Waals surface area contributed by atoms with Crippen molar-refractivity contribution in [1.29, 1.82) is 0 Å². The van der Waals surface area contributed by atoms with Gasteiger partial charge in [-0.15, -0.1) is 0 Å². The molecule has 0 amide bonds. The number of nitrogen functional groups attached to an aromatic ring is 1. The first kappa shape index (κ1) is 10.0. The van der Waals surface area contributed by atoms with E-state index in [1.165, 1.54) is 0 Å². The molecular weight excluding hydrogens is 170 g/mol. The summed E-state index contributed by atoms with van der Waals surface area (Å²) in [6.45, 7) is 0.612. The van der Waals surface area contributed by atoms with Crippen molar-refractivity contribution >= 4 is 5.82 Å². The maximum atomic E-state index is 8.67. The quantitative estimate of drug-likeness (QED) is 0.571. The fourth-order valence-electron chi connectivity index (χ4n) is 1.17. The summed E-state index contributed by atoms with van der Waals surface area (Å²) in [5.41, 5.74) is 6.67. The molecule has 0 fully saturated rings. The zero-order valence-corrected chi connectivity index (χ0v) is 7.48. The SMILES string of the molecule is Nc1c(CCCO)cnn1CCO. The number of hydrogen-bond acceptors (Lipinski definition) is 4. The number of aryl methyl sites for hydroxylation is 1. The van der Waals surface area contributed by atoms with Gasteiger partial charge in [-0.3, -0.25) is 0 Å². The van der Waals surface area contributed by atoms with Crippen LogP contribution in [0.25, 0.3) is 0 Å². The molecule has 74 valence electrons. The minimum Gasteiger partial charge on any atom is -0.396 e. The number of nitrogens with two attached hydrogens (primary N) is 1. The average Bonchev–Trinajstić information content (AvgIpc) is 2.46. The highest BCUT2D eigenvalue weighted by atomic mass is 16.3. The zero-order valence-electron chi connectivity index (χ0n) is 7.48. The van der Waals surface area contributed by atoms with Gasteiger partial charge in [0.1, 0.15) is 5.82 Å². The van der Waals surface area contributed by atoms with Crippen molar-refractivity contribution < 1.29 is 10.2 Å². The minimum absolute atomic E-state index is 0.0331. The molecule has 0 atom stereocenters. The first-order chi connectivity index (χ1) is 6.29. The van der Waals surface area contributed by atoms with E-state index in [-0.39, 0.29) is 13.2 Å². The Morgan fingerprint density at radius 1 is 1.38 bits per heavy atom. The van der Waals surface area contributed by atoms with Gasteiger partial charge in [-0.25, -0.2) is 4.68 Å². The zero-order chi connectivity index (χ0) is 9.68. The smallest absolute Gasteiger partial charge is 0.124 e. The van der Waals surface area contributed by atoms with Crippen LogP contribution >= 0.6 is 0 Å². The van der Waals surface area contributed by atoms with E-state index in [4.69, 9.17) is 15.9 Å². The van der Waals surface area contributed by atoms with Gasteiger partial charge in [0.05, 0.1) is 19.3 Å². The van der Waals surface area contributed by atoms with Crippen LogP contribution in [0.15, 0.2) is 6.20 Å². The van der Waals surface area contributed by atoms with Crippen LogP contribution < -0.4 is 5.73 Å². The molecule has 0 saturated carbocycles. The Morgan fingerprint density at radius 2 is 2.15 bits per heavy atom. The van der Waals surface area contributed by atoms with Crippen molar-refractivity contribution in [2.24, 2.45) is 0 Å². The lowest BCUT2D eigenvalue weighted by Gasteiger charge is -2.02. The van der Waals surface area contributed by atoms with E-state index < -0.39 is 0 Å². The Hall–Kier alpha value is -1.07. The van der Waals surface area contributed by atoms with Gasteiger partial charge in [0, 0.05) is 12.2 Å². The molecule has 5 heteroatoms. The van der Waals surface area contributed by atoms with Crippen molar-refractivity contribution in [3.63, 3.8) is 0 Å². The van der Waals surface area contributed by atoms with Gasteiger partial charge in [0.15, 0.2) is 0 Å². The Morgan fingerprint density at radius 3 is 2.77 bits per heavy atom. The normalized spacial score (nSPS) is 10.6. The fourth-order valence-corrected chi connectivity index (χ4v) is 1.17. The highest BCUT2D eigenvalue weighted by Gasteiger charge is 2.05. The van der Waals surface area contributed by atoms with Crippen molar-refractivity contribution in [3.8, 4) is 0 Å². The Bertz CT molecular complexity index is 260. The van der Waals surface area contributed by atoms with E-state index >= 15 is 0 Å². The predicted molar refractivity (Wildman–Crippen MR) is 49.1 cm³/mol. The lowest BCUT2D eigenvalue weighted by Crippen LogP contribution is -2.08. The summed E-state index contributed by atoms with van der Waals surface area (Å²) in [4.78, 5) is 0. The summed E-state index contributed by atoms with van der Waals surface area (Å²) in [5.74, 6) is 0.586. The third-order valence-electron chi connectivity index (χ3n) is 1.88. The molecule has 1 heterocycles. The van der Waals surface area contributed by atoms with Gasteiger partial charge in [-0.2, -0.15) is 5.10 Å². The van der Waals surface area contributed by atoms with Gasteiger partial charge in [0.25, 0.3) is 0 Å². The summed E-state index contributed by atoms with van der Waals surface area (Å²) >= 11 is 0. The van der Waals surface area contributed by atoms with Crippen LogP contribution in [0.3, 0.4) is 0 Å². The number of aliphatic hydroxyl groups excluding tert-OH is 2. The molecule has 1 aromatic heterocycles. The highest BCUT2D eigenvalue weighted by Crippen LogP contribution is 2.12. The van der Waals surface area contributed by atoms with Gasteiger partial charge in [-0.1, -0.05) is 0 Å². The summed E-state index contributed by atoms with van der Waals surface area (Å²) < 4.78 is 1.56. The number of rotatable bonds is 5. The molecular formula is C8H15N3O2. The van der Waals surface area contributed by atoms with Crippen molar-refractivity contribution in [2.45, 2.75) is 19.4 Å². The van der Waals surface area contributed by atoms with Crippen LogP contribution in [0.1, 0.15) is 12.0 Å². The second-order valence-corrected chi connectivity index (χ2v) is 2.83. The standard InChI is InChI=1S/C8H15N3O2/c9-8-7(2-1-4-12)6-10-11(8)3-5-13/h6,12-13H,1-5,9H2. The van der Waals surface area contributed by atoms with Crippen LogP contribution in [0.5, 0.6) is 0 Å². The molecule has 13 heavy (non-hydrogen) atoms. The van der Waals surface area contributed by atoms with E-state index in [1.54, 1.807) is 10.9 Å². The molecule has 0 spiro atoms. The van der Waals surface area contributed by atoms with E-state index in [0.29, 0.717) is 18.8 Å². The van der Waals surface area contributed by atoms with E-state index in [0.717, 1.165) is 12.0 Å². The molecule has 5 nitrogen and oxygen atoms in total. The van der Waals surface area contributed by atoms with Crippen LogP contribution in [-0.4, -0.2) is 33.2 Å². The lowest BCUT2D eigenvalue weighted by atomic mass is 10.2. The summed E-state index contributed by atoms with van der Waals surface area (Å²) in [5, 5.41) is 21.3. The van der Waals surface area contributed by atoms with Crippen molar-refractivity contribution in [3.05, 3.63) is 11.8 Å². The molecule has 4 N–H and O–H groups in total. The largest absolute Gasteiger partial charge is 0.396 e. The van der Waals surface area contributed by atoms with Gasteiger partial charge in [0.2, 0.25) is 0 Å². The molecule has 0 unspecified atom stereocenters. The molecule has 0 bridgehead atoms. The molecule has 0 aliphatic heterocycles. The number of aliphatic hydroxyl groups is 2. The lowest BCUT2D eigenvalue weighted by molar-refractivity contribution is 0.270. The van der Waals surface area contributed by atoms with Gasteiger partial charge in [-0.05, 0) is 12.8 Å². The van der Waals surface area contributed by atoms with Crippen molar-refractivity contribution in [2.75, 3.05) is 18.9 Å². The Labute approximate surface area is 76.8 Å². The molecule has 1 aromatic rings. The third-order valence-corrected chi connectivity index (χ3v) is 1.88. The monoisotopic (exact) mass is 185 g/mol. The Balaban J connectivity index is 2.62. The summed E-state index contributed by atoms with van der Waals surface area (Å²) in [7, 11) is 0. The second-order valence-electron chi connectivity index (χ2n) is 2.83. The van der Waals surface area contributed by atoms with Crippen LogP contribution in [-0.2, 0) is 13.0 Å². The second kappa shape index (κ2) is 4.84. The molecule has 1 rings (SSSR count). The van der Waals surface area contributed by atoms with Crippen LogP contribution in [0.4, 0.5) is 5.82 Å². The maximum absolute atomic E-state index is 8.67. The number of aromatic nitrogens is 2. The number of anilines is 1. The molecule has 0 saturated heterocycles. The minimum atomic E-state index is 0.0331. The molecule has 0 aliphatic carbocycles. The first-order valence-corrected chi connectivity index (χ1v) is 4.31. The average molecular weight is 185 g/mol. The molecule has 0 aliphatic rings. The third kappa shape index (κ3) is 2.43.